The molecule has 0 N–H and O–H groups in total. The molecule has 1 unspecified atom stereocenters. The third kappa shape index (κ3) is 267. The molecule has 0 amide bonds. The summed E-state index contributed by atoms with van der Waals surface area (Å²) in [4.78, 5) is 0. The van der Waals surface area contributed by atoms with Crippen LogP contribution in [0.2, 0.25) is 0 Å². The Hall–Kier alpha value is -0.0700. The summed E-state index contributed by atoms with van der Waals surface area (Å²) in [6.07, 6.45) is 17.4. The summed E-state index contributed by atoms with van der Waals surface area (Å²) in [5, 5.41) is 0. The summed E-state index contributed by atoms with van der Waals surface area (Å²) in [6, 6.07) is 0. The second-order valence-electron chi connectivity index (χ2n) is 8.59. The summed E-state index contributed by atoms with van der Waals surface area (Å²) in [5.74, 6) is 1.33. The minimum absolute atomic E-state index is 0.170. The molecule has 0 radical (unpaired) electrons. The molecule has 1 heteroatoms. The van der Waals surface area contributed by atoms with Gasteiger partial charge in [0.15, 0.2) is 0 Å². The van der Waals surface area contributed by atoms with Crippen LogP contribution in [-0.2, 0) is 0 Å². The van der Waals surface area contributed by atoms with Crippen molar-refractivity contribution in [2.24, 2.45) is 11.8 Å². The van der Waals surface area contributed by atoms with Crippen LogP contribution < -0.4 is 0 Å². The highest BCUT2D eigenvalue weighted by molar-refractivity contribution is 4.62. The SMILES string of the molecule is CC.CC.CC.CC.CC.CC1CCC1.CCC.CCC.CCC.CCC.CCC(C)CF.CCCCCCC. The number of alkyl halides is 1. The van der Waals surface area contributed by atoms with E-state index in [4.69, 9.17) is 0 Å². The Morgan fingerprint density at radius 3 is 0.750 bits per heavy atom. The van der Waals surface area contributed by atoms with Gasteiger partial charge >= 0.3 is 0 Å². The van der Waals surface area contributed by atoms with Gasteiger partial charge in [0.05, 0.1) is 6.67 Å². The highest BCUT2D eigenvalue weighted by atomic mass is 19.1. The molecule has 0 spiro atoms. The van der Waals surface area contributed by atoms with Crippen LogP contribution in [0, 0.1) is 11.8 Å². The van der Waals surface area contributed by atoms with E-state index >= 15 is 0 Å². The highest BCUT2D eigenvalue weighted by Gasteiger charge is 2.09. The van der Waals surface area contributed by atoms with E-state index in [1.54, 1.807) is 0 Å². The van der Waals surface area contributed by atoms with E-state index < -0.39 is 0 Å². The Morgan fingerprint density at radius 1 is 0.500 bits per heavy atom. The first-order chi connectivity index (χ1) is 19.3. The van der Waals surface area contributed by atoms with Crippen molar-refractivity contribution in [1.82, 2.24) is 0 Å². The van der Waals surface area contributed by atoms with Crippen molar-refractivity contribution in [1.29, 1.82) is 0 Å². The molecule has 0 aromatic rings. The molecule has 0 aromatic heterocycles. The molecule has 1 rings (SSSR count). The van der Waals surface area contributed by atoms with Crippen molar-refractivity contribution in [2.45, 2.75) is 243 Å². The van der Waals surface area contributed by atoms with Gasteiger partial charge in [0, 0.05) is 0 Å². The van der Waals surface area contributed by atoms with E-state index in [0.29, 0.717) is 0 Å². The lowest BCUT2D eigenvalue weighted by Crippen LogP contribution is -2.04. The maximum atomic E-state index is 11.4. The van der Waals surface area contributed by atoms with Gasteiger partial charge in [-0.2, -0.15) is 0 Å². The number of unbranched alkanes of at least 4 members (excludes halogenated alkanes) is 4. The van der Waals surface area contributed by atoms with Crippen LogP contribution in [0.4, 0.5) is 4.39 Å². The van der Waals surface area contributed by atoms with Gasteiger partial charge in [-0.05, 0) is 11.8 Å². The zero-order chi connectivity index (χ0) is 35.1. The fourth-order valence-electron chi connectivity index (χ4n) is 1.40. The Bertz CT molecular complexity index is 160. The molecule has 1 aliphatic rings. The van der Waals surface area contributed by atoms with Crippen LogP contribution in [0.3, 0.4) is 0 Å². The molecule has 40 heavy (non-hydrogen) atoms. The zero-order valence-corrected chi connectivity index (χ0v) is 34.4. The van der Waals surface area contributed by atoms with Gasteiger partial charge in [0.25, 0.3) is 0 Å². The van der Waals surface area contributed by atoms with Crippen molar-refractivity contribution in [3.8, 4) is 0 Å². The zero-order valence-electron chi connectivity index (χ0n) is 34.4. The highest BCUT2D eigenvalue weighted by Crippen LogP contribution is 2.24. The van der Waals surface area contributed by atoms with Crippen LogP contribution in [0.1, 0.15) is 243 Å². The summed E-state index contributed by atoms with van der Waals surface area (Å²) in [6.45, 7) is 47.5. The van der Waals surface area contributed by atoms with Gasteiger partial charge in [-0.1, -0.05) is 243 Å². The Morgan fingerprint density at radius 2 is 0.700 bits per heavy atom. The summed E-state index contributed by atoms with van der Waals surface area (Å²) < 4.78 is 11.4. The van der Waals surface area contributed by atoms with Gasteiger partial charge in [-0.3, -0.25) is 4.39 Å². The molecule has 0 nitrogen and oxygen atoms in total. The second kappa shape index (κ2) is 141. The molecular weight excluding hydrogens is 487 g/mol. The fraction of sp³-hybridized carbons (Fsp3) is 1.00. The van der Waals surface area contributed by atoms with Crippen molar-refractivity contribution in [3.63, 3.8) is 0 Å². The van der Waals surface area contributed by atoms with Crippen LogP contribution >= 0.6 is 0 Å². The molecule has 1 atom stereocenters. The monoisotopic (exact) mass is 587 g/mol. The normalized spacial score (nSPS) is 9.60. The minimum atomic E-state index is -0.170. The molecule has 0 heterocycles. The molecule has 262 valence electrons. The van der Waals surface area contributed by atoms with Crippen molar-refractivity contribution >= 4 is 0 Å². The standard InChI is InChI=1S/C7H16.C5H11F.C5H10.4C3H8.5C2H6/c1-3-5-7-6-4-2;1-3-5(2)4-6;1-5-3-2-4-5;4*1-3-2;5*1-2/h3-7H2,1-2H3;5H,3-4H2,1-2H3;5H,2-4H2,1H3;4*3H2,1-2H3;5*1-2H3. The van der Waals surface area contributed by atoms with E-state index in [1.807, 2.05) is 83.1 Å². The Balaban J connectivity index is -0.0000000264. The first-order valence-electron chi connectivity index (χ1n) is 18.8. The van der Waals surface area contributed by atoms with E-state index in [2.05, 4.69) is 76.2 Å². The predicted molar refractivity (Wildman–Crippen MR) is 203 cm³/mol. The number of rotatable bonds is 6. The largest absolute Gasteiger partial charge is 0.251 e. The average molecular weight is 587 g/mol. The second-order valence-corrected chi connectivity index (χ2v) is 8.59. The molecule has 0 aromatic carbocycles. The first kappa shape index (κ1) is 72.3. The summed E-state index contributed by atoms with van der Waals surface area (Å²) in [5.41, 5.74) is 0. The fourth-order valence-corrected chi connectivity index (χ4v) is 1.40. The van der Waals surface area contributed by atoms with Gasteiger partial charge in [0.1, 0.15) is 0 Å². The molecule has 0 saturated heterocycles. The molecule has 1 aliphatic carbocycles. The van der Waals surface area contributed by atoms with Gasteiger partial charge < -0.3 is 0 Å². The molecule has 1 saturated carbocycles. The Labute approximate surface area is 265 Å². The van der Waals surface area contributed by atoms with Crippen LogP contribution in [0.5, 0.6) is 0 Å². The van der Waals surface area contributed by atoms with Crippen molar-refractivity contribution in [2.75, 3.05) is 6.67 Å². The molecule has 0 bridgehead atoms. The maximum Gasteiger partial charge on any atom is 0.0919 e. The van der Waals surface area contributed by atoms with E-state index in [9.17, 15) is 4.39 Å². The Kier molecular flexibility index (Phi) is 255. The van der Waals surface area contributed by atoms with E-state index in [1.165, 1.54) is 77.0 Å². The predicted octanol–water partition coefficient (Wildman–Crippen LogP) is 17.6. The third-order valence-corrected chi connectivity index (χ3v) is 3.56. The van der Waals surface area contributed by atoms with Crippen LogP contribution in [0.15, 0.2) is 0 Å². The molecule has 0 aliphatic heterocycles. The van der Waals surface area contributed by atoms with Crippen LogP contribution in [0.25, 0.3) is 0 Å². The van der Waals surface area contributed by atoms with Gasteiger partial charge in [-0.15, -0.1) is 0 Å². The lowest BCUT2D eigenvalue weighted by molar-refractivity contribution is 0.346. The molecular formula is C39H99F. The van der Waals surface area contributed by atoms with Gasteiger partial charge in [-0.25, -0.2) is 0 Å². The van der Waals surface area contributed by atoms with Gasteiger partial charge in [0.2, 0.25) is 0 Å². The topological polar surface area (TPSA) is 0 Å². The van der Waals surface area contributed by atoms with E-state index in [-0.39, 0.29) is 12.6 Å². The number of halogens is 1. The minimum Gasteiger partial charge on any atom is -0.251 e. The summed E-state index contributed by atoms with van der Waals surface area (Å²) in [7, 11) is 0. The maximum absolute atomic E-state index is 11.4. The molecule has 1 fully saturated rings. The van der Waals surface area contributed by atoms with E-state index in [0.717, 1.165) is 12.3 Å². The number of hydrogen-bond donors (Lipinski definition) is 0. The lowest BCUT2D eigenvalue weighted by Gasteiger charge is -2.18. The van der Waals surface area contributed by atoms with Crippen molar-refractivity contribution < 1.29 is 4.39 Å². The average Bonchev–Trinajstić information content (AvgIpc) is 2.99. The quantitative estimate of drug-likeness (QED) is 0.271. The van der Waals surface area contributed by atoms with Crippen molar-refractivity contribution in [3.05, 3.63) is 0 Å². The summed E-state index contributed by atoms with van der Waals surface area (Å²) >= 11 is 0. The lowest BCUT2D eigenvalue weighted by atomic mass is 9.88. The smallest absolute Gasteiger partial charge is 0.0919 e. The first-order valence-corrected chi connectivity index (χ1v) is 18.8. The van der Waals surface area contributed by atoms with Crippen LogP contribution in [-0.4, -0.2) is 6.67 Å². The number of hydrogen-bond acceptors (Lipinski definition) is 0. The third-order valence-electron chi connectivity index (χ3n) is 3.56.